The normalized spacial score (nSPS) is 15.9. The molecule has 7 heteroatoms. The van der Waals surface area contributed by atoms with Crippen LogP contribution in [-0.4, -0.2) is 51.1 Å². The van der Waals surface area contributed by atoms with E-state index in [0.717, 1.165) is 11.4 Å². The van der Waals surface area contributed by atoms with Crippen molar-refractivity contribution in [3.05, 3.63) is 59.7 Å². The summed E-state index contributed by atoms with van der Waals surface area (Å²) in [6, 6.07) is 15.3. The lowest BCUT2D eigenvalue weighted by molar-refractivity contribution is 0.102. The summed E-state index contributed by atoms with van der Waals surface area (Å²) in [5.74, 6) is -0.139. The van der Waals surface area contributed by atoms with Gasteiger partial charge in [0.2, 0.25) is 10.0 Å². The molecule has 0 aromatic heterocycles. The highest BCUT2D eigenvalue weighted by Gasteiger charge is 2.23. The first kappa shape index (κ1) is 21.3. The minimum absolute atomic E-state index is 0.0532. The lowest BCUT2D eigenvalue weighted by Gasteiger charge is -2.34. The van der Waals surface area contributed by atoms with Crippen molar-refractivity contribution >= 4 is 27.3 Å². The monoisotopic (exact) mass is 415 g/mol. The maximum Gasteiger partial charge on any atom is 0.255 e. The van der Waals surface area contributed by atoms with Crippen LogP contribution in [0.15, 0.2) is 48.5 Å². The van der Waals surface area contributed by atoms with Crippen LogP contribution in [0.5, 0.6) is 0 Å². The molecule has 156 valence electrons. The fourth-order valence-electron chi connectivity index (χ4n) is 3.36. The average molecular weight is 416 g/mol. The summed E-state index contributed by atoms with van der Waals surface area (Å²) in [4.78, 5) is 14.7. The smallest absolute Gasteiger partial charge is 0.255 e. The molecule has 29 heavy (non-hydrogen) atoms. The summed E-state index contributed by atoms with van der Waals surface area (Å²) in [6.07, 6.45) is 1.25. The van der Waals surface area contributed by atoms with Crippen LogP contribution in [0.4, 0.5) is 11.4 Å². The van der Waals surface area contributed by atoms with Gasteiger partial charge in [-0.05, 0) is 47.4 Å². The molecule has 0 spiro atoms. The molecule has 1 heterocycles. The van der Waals surface area contributed by atoms with Crippen molar-refractivity contribution in [1.29, 1.82) is 0 Å². The second-order valence-corrected chi connectivity index (χ2v) is 10.5. The molecule has 0 atom stereocenters. The third-order valence-electron chi connectivity index (χ3n) is 5.21. The molecular weight excluding hydrogens is 386 g/mol. The molecule has 0 bridgehead atoms. The molecule has 2 aromatic carbocycles. The number of nitrogens with zero attached hydrogens (tertiary/aromatic N) is 2. The van der Waals surface area contributed by atoms with E-state index in [-0.39, 0.29) is 11.3 Å². The lowest BCUT2D eigenvalue weighted by atomic mass is 9.87. The Bertz CT molecular complexity index is 954. The largest absolute Gasteiger partial charge is 0.369 e. The van der Waals surface area contributed by atoms with Gasteiger partial charge in [0.15, 0.2) is 0 Å². The van der Waals surface area contributed by atoms with Crippen LogP contribution in [0.25, 0.3) is 0 Å². The number of hydrogen-bond acceptors (Lipinski definition) is 4. The lowest BCUT2D eigenvalue weighted by Crippen LogP contribution is -2.48. The highest BCUT2D eigenvalue weighted by Crippen LogP contribution is 2.23. The minimum Gasteiger partial charge on any atom is -0.369 e. The molecule has 2 aromatic rings. The van der Waals surface area contributed by atoms with Crippen LogP contribution >= 0.6 is 0 Å². The first-order chi connectivity index (χ1) is 13.5. The standard InChI is InChI=1S/C22H29N3O3S/c1-22(2,3)18-7-5-17(6-8-18)21(26)23-19-9-11-20(12-10-19)24-13-15-25(16-14-24)29(4,27)28/h5-12H,13-16H2,1-4H3,(H,23,26). The predicted molar refractivity (Wildman–Crippen MR) is 118 cm³/mol. The van der Waals surface area contributed by atoms with Crippen molar-refractivity contribution in [1.82, 2.24) is 4.31 Å². The second-order valence-electron chi connectivity index (χ2n) is 8.48. The van der Waals surface area contributed by atoms with Gasteiger partial charge in [0.25, 0.3) is 5.91 Å². The predicted octanol–water partition coefficient (Wildman–Crippen LogP) is 3.32. The van der Waals surface area contributed by atoms with E-state index in [9.17, 15) is 13.2 Å². The quantitative estimate of drug-likeness (QED) is 0.832. The number of anilines is 2. The van der Waals surface area contributed by atoms with Crippen LogP contribution in [0.1, 0.15) is 36.7 Å². The van der Waals surface area contributed by atoms with E-state index in [4.69, 9.17) is 0 Å². The number of benzene rings is 2. The van der Waals surface area contributed by atoms with Crippen molar-refractivity contribution in [2.75, 3.05) is 42.7 Å². The fraction of sp³-hybridized carbons (Fsp3) is 0.409. The van der Waals surface area contributed by atoms with Gasteiger partial charge >= 0.3 is 0 Å². The number of rotatable bonds is 4. The summed E-state index contributed by atoms with van der Waals surface area (Å²) in [6.45, 7) is 8.71. The van der Waals surface area contributed by atoms with Gasteiger partial charge in [-0.15, -0.1) is 0 Å². The molecule has 0 radical (unpaired) electrons. The van der Waals surface area contributed by atoms with E-state index in [1.54, 1.807) is 0 Å². The molecule has 0 unspecified atom stereocenters. The Labute approximate surface area is 173 Å². The van der Waals surface area contributed by atoms with E-state index >= 15 is 0 Å². The third kappa shape index (κ3) is 5.36. The van der Waals surface area contributed by atoms with Crippen molar-refractivity contribution in [2.45, 2.75) is 26.2 Å². The van der Waals surface area contributed by atoms with Gasteiger partial charge in [-0.25, -0.2) is 8.42 Å². The molecule has 1 N–H and O–H groups in total. The van der Waals surface area contributed by atoms with Gasteiger partial charge in [0, 0.05) is 43.1 Å². The zero-order valence-electron chi connectivity index (χ0n) is 17.5. The van der Waals surface area contributed by atoms with Crippen molar-refractivity contribution in [2.24, 2.45) is 0 Å². The van der Waals surface area contributed by atoms with Crippen LogP contribution in [0.3, 0.4) is 0 Å². The van der Waals surface area contributed by atoms with E-state index in [1.165, 1.54) is 16.1 Å². The molecule has 6 nitrogen and oxygen atoms in total. The summed E-state index contributed by atoms with van der Waals surface area (Å²) in [7, 11) is -3.13. The summed E-state index contributed by atoms with van der Waals surface area (Å²) >= 11 is 0. The van der Waals surface area contributed by atoms with Crippen LogP contribution in [0, 0.1) is 0 Å². The van der Waals surface area contributed by atoms with E-state index < -0.39 is 10.0 Å². The Kier molecular flexibility index (Phi) is 6.00. The Balaban J connectivity index is 1.60. The van der Waals surface area contributed by atoms with Crippen LogP contribution in [0.2, 0.25) is 0 Å². The number of piperazine rings is 1. The first-order valence-corrected chi connectivity index (χ1v) is 11.6. The van der Waals surface area contributed by atoms with Crippen molar-refractivity contribution < 1.29 is 13.2 Å². The molecule has 1 fully saturated rings. The van der Waals surface area contributed by atoms with E-state index in [0.29, 0.717) is 31.7 Å². The molecule has 1 aliphatic rings. The van der Waals surface area contributed by atoms with Gasteiger partial charge in [-0.3, -0.25) is 4.79 Å². The van der Waals surface area contributed by atoms with Crippen LogP contribution in [-0.2, 0) is 15.4 Å². The summed E-state index contributed by atoms with van der Waals surface area (Å²) in [5.41, 5.74) is 3.62. The zero-order chi connectivity index (χ0) is 21.2. The number of carbonyl (C=O) groups is 1. The SMILES string of the molecule is CC(C)(C)c1ccc(C(=O)Nc2ccc(N3CCN(S(C)(=O)=O)CC3)cc2)cc1. The number of carbonyl (C=O) groups excluding carboxylic acids is 1. The fourth-order valence-corrected chi connectivity index (χ4v) is 4.18. The molecular formula is C22H29N3O3S. The van der Waals surface area contributed by atoms with Gasteiger partial charge in [0.1, 0.15) is 0 Å². The maximum atomic E-state index is 12.5. The maximum absolute atomic E-state index is 12.5. The molecule has 0 aliphatic carbocycles. The Hall–Kier alpha value is -2.38. The minimum atomic E-state index is -3.13. The van der Waals surface area contributed by atoms with Crippen molar-refractivity contribution in [3.8, 4) is 0 Å². The van der Waals surface area contributed by atoms with E-state index in [1.807, 2.05) is 48.5 Å². The van der Waals surface area contributed by atoms with Gasteiger partial charge in [-0.2, -0.15) is 4.31 Å². The Morgan fingerprint density at radius 1 is 0.897 bits per heavy atom. The second kappa shape index (κ2) is 8.16. The van der Waals surface area contributed by atoms with Gasteiger partial charge in [0.05, 0.1) is 6.26 Å². The Morgan fingerprint density at radius 2 is 1.45 bits per heavy atom. The average Bonchev–Trinajstić information content (AvgIpc) is 2.67. The number of hydrogen-bond donors (Lipinski definition) is 1. The Morgan fingerprint density at radius 3 is 1.93 bits per heavy atom. The first-order valence-electron chi connectivity index (χ1n) is 9.76. The highest BCUT2D eigenvalue weighted by atomic mass is 32.2. The topological polar surface area (TPSA) is 69.7 Å². The molecule has 1 amide bonds. The number of amides is 1. The molecule has 1 saturated heterocycles. The zero-order valence-corrected chi connectivity index (χ0v) is 18.3. The summed E-state index contributed by atoms with van der Waals surface area (Å²) in [5, 5.41) is 2.93. The van der Waals surface area contributed by atoms with Crippen molar-refractivity contribution in [3.63, 3.8) is 0 Å². The molecule has 0 saturated carbocycles. The van der Waals surface area contributed by atoms with Gasteiger partial charge in [-0.1, -0.05) is 32.9 Å². The summed E-state index contributed by atoms with van der Waals surface area (Å²) < 4.78 is 24.8. The third-order valence-corrected chi connectivity index (χ3v) is 6.51. The number of nitrogens with one attached hydrogen (secondary N) is 1. The highest BCUT2D eigenvalue weighted by molar-refractivity contribution is 7.88. The molecule has 3 rings (SSSR count). The van der Waals surface area contributed by atoms with Gasteiger partial charge < -0.3 is 10.2 Å². The van der Waals surface area contributed by atoms with E-state index in [2.05, 4.69) is 31.0 Å². The van der Waals surface area contributed by atoms with Crippen LogP contribution < -0.4 is 10.2 Å². The molecule has 1 aliphatic heterocycles. The number of sulfonamides is 1.